The zero-order valence-corrected chi connectivity index (χ0v) is 8.86. The molecule has 0 heterocycles. The van der Waals surface area contributed by atoms with Crippen molar-refractivity contribution in [3.05, 3.63) is 0 Å². The summed E-state index contributed by atoms with van der Waals surface area (Å²) in [5.74, 6) is 0. The van der Waals surface area contributed by atoms with Gasteiger partial charge in [-0.2, -0.15) is 0 Å². The van der Waals surface area contributed by atoms with Gasteiger partial charge in [-0.3, -0.25) is 4.79 Å². The Balaban J connectivity index is 0. The number of hydrogen-bond donors (Lipinski definition) is 1. The van der Waals surface area contributed by atoms with E-state index in [0.29, 0.717) is 6.04 Å². The summed E-state index contributed by atoms with van der Waals surface area (Å²) in [6.45, 7) is 3.11. The number of amides is 1. The van der Waals surface area contributed by atoms with Gasteiger partial charge in [-0.15, -0.1) is 12.4 Å². The lowest BCUT2D eigenvalue weighted by molar-refractivity contribution is -0.110. The van der Waals surface area contributed by atoms with Gasteiger partial charge in [-0.1, -0.05) is 0 Å². The first-order chi connectivity index (χ1) is 5.16. The summed E-state index contributed by atoms with van der Waals surface area (Å²) < 4.78 is 0. The number of hydrogen-bond acceptors (Lipinski definition) is 2. The third-order valence-electron chi connectivity index (χ3n) is 1.60. The Morgan fingerprint density at radius 3 is 2.50 bits per heavy atom. The third kappa shape index (κ3) is 9.72. The zero-order valence-electron chi connectivity index (χ0n) is 8.04. The molecule has 74 valence electrons. The minimum atomic E-state index is 0. The minimum Gasteiger partial charge on any atom is -0.356 e. The zero-order chi connectivity index (χ0) is 8.69. The van der Waals surface area contributed by atoms with Crippen LogP contribution in [-0.2, 0) is 4.79 Å². The maximum Gasteiger partial charge on any atom is 0.207 e. The molecule has 4 heteroatoms. The highest BCUT2D eigenvalue weighted by atomic mass is 35.5. The summed E-state index contributed by atoms with van der Waals surface area (Å²) >= 11 is 0. The summed E-state index contributed by atoms with van der Waals surface area (Å²) in [5, 5.41) is 2.72. The molecule has 0 aliphatic rings. The molecule has 0 fully saturated rings. The Kier molecular flexibility index (Phi) is 10.5. The second-order valence-corrected chi connectivity index (χ2v) is 3.13. The molecule has 0 saturated heterocycles. The third-order valence-corrected chi connectivity index (χ3v) is 1.60. The fourth-order valence-corrected chi connectivity index (χ4v) is 0.913. The molecule has 1 unspecified atom stereocenters. The molecule has 1 atom stereocenters. The van der Waals surface area contributed by atoms with E-state index in [-0.39, 0.29) is 12.4 Å². The van der Waals surface area contributed by atoms with E-state index in [0.717, 1.165) is 25.8 Å². The van der Waals surface area contributed by atoms with Crippen LogP contribution in [0.2, 0.25) is 0 Å². The Hall–Kier alpha value is -0.280. The molecule has 0 aliphatic heterocycles. The predicted octanol–water partition coefficient (Wildman–Crippen LogP) is 0.884. The van der Waals surface area contributed by atoms with Crippen molar-refractivity contribution < 1.29 is 4.79 Å². The molecule has 0 rings (SSSR count). The highest BCUT2D eigenvalue weighted by Crippen LogP contribution is 1.95. The van der Waals surface area contributed by atoms with Crippen molar-refractivity contribution in [2.45, 2.75) is 25.8 Å². The molecule has 1 amide bonds. The van der Waals surface area contributed by atoms with Crippen molar-refractivity contribution in [2.75, 3.05) is 20.6 Å². The molecular weight excluding hydrogens is 176 g/mol. The van der Waals surface area contributed by atoms with Crippen LogP contribution >= 0.6 is 12.4 Å². The van der Waals surface area contributed by atoms with Gasteiger partial charge >= 0.3 is 0 Å². The Morgan fingerprint density at radius 1 is 1.50 bits per heavy atom. The smallest absolute Gasteiger partial charge is 0.207 e. The van der Waals surface area contributed by atoms with Gasteiger partial charge in [0.15, 0.2) is 0 Å². The maximum absolute atomic E-state index is 9.99. The molecule has 0 aliphatic carbocycles. The molecule has 0 aromatic rings. The first kappa shape index (κ1) is 14.3. The van der Waals surface area contributed by atoms with Crippen molar-refractivity contribution in [2.24, 2.45) is 0 Å². The molecule has 0 aromatic carbocycles. The van der Waals surface area contributed by atoms with Crippen molar-refractivity contribution in [3.8, 4) is 0 Å². The monoisotopic (exact) mass is 194 g/mol. The van der Waals surface area contributed by atoms with Crippen LogP contribution in [0.4, 0.5) is 0 Å². The highest BCUT2D eigenvalue weighted by molar-refractivity contribution is 5.85. The molecule has 0 radical (unpaired) electrons. The fourth-order valence-electron chi connectivity index (χ4n) is 0.913. The highest BCUT2D eigenvalue weighted by Gasteiger charge is 1.98. The van der Waals surface area contributed by atoms with Gasteiger partial charge in [-0.25, -0.2) is 0 Å². The summed E-state index contributed by atoms with van der Waals surface area (Å²) in [5.41, 5.74) is 0. The van der Waals surface area contributed by atoms with Gasteiger partial charge in [0.2, 0.25) is 6.41 Å². The summed E-state index contributed by atoms with van der Waals surface area (Å²) in [4.78, 5) is 12.1. The largest absolute Gasteiger partial charge is 0.356 e. The Morgan fingerprint density at radius 2 is 2.08 bits per heavy atom. The molecule has 0 bridgehead atoms. The van der Waals surface area contributed by atoms with Gasteiger partial charge in [0.05, 0.1) is 0 Å². The van der Waals surface area contributed by atoms with Gasteiger partial charge in [-0.05, 0) is 40.4 Å². The first-order valence-corrected chi connectivity index (χ1v) is 4.01. The SMILES string of the molecule is CC(CCCN(C)C)NC=O.Cl. The molecular formula is C8H19ClN2O. The molecule has 0 spiro atoms. The lowest BCUT2D eigenvalue weighted by atomic mass is 10.2. The Labute approximate surface area is 80.9 Å². The number of carbonyl (C=O) groups is 1. The van der Waals surface area contributed by atoms with E-state index in [1.54, 1.807) is 0 Å². The van der Waals surface area contributed by atoms with Crippen LogP contribution in [0.5, 0.6) is 0 Å². The van der Waals surface area contributed by atoms with E-state index < -0.39 is 0 Å². The van der Waals surface area contributed by atoms with E-state index in [9.17, 15) is 4.79 Å². The normalized spacial score (nSPS) is 12.0. The summed E-state index contributed by atoms with van der Waals surface area (Å²) in [6.07, 6.45) is 2.95. The predicted molar refractivity (Wildman–Crippen MR) is 53.7 cm³/mol. The number of nitrogens with zero attached hydrogens (tertiary/aromatic N) is 1. The number of rotatable bonds is 6. The van der Waals surface area contributed by atoms with Crippen LogP contribution in [0.1, 0.15) is 19.8 Å². The van der Waals surface area contributed by atoms with E-state index in [1.165, 1.54) is 0 Å². The molecule has 12 heavy (non-hydrogen) atoms. The summed E-state index contributed by atoms with van der Waals surface area (Å²) in [7, 11) is 4.11. The average molecular weight is 195 g/mol. The van der Waals surface area contributed by atoms with Crippen molar-refractivity contribution >= 4 is 18.8 Å². The van der Waals surface area contributed by atoms with E-state index in [4.69, 9.17) is 0 Å². The van der Waals surface area contributed by atoms with Crippen LogP contribution in [0.25, 0.3) is 0 Å². The lowest BCUT2D eigenvalue weighted by Crippen LogP contribution is -2.25. The van der Waals surface area contributed by atoms with Crippen LogP contribution in [-0.4, -0.2) is 38.0 Å². The molecule has 0 aromatic heterocycles. The second-order valence-electron chi connectivity index (χ2n) is 3.13. The lowest BCUT2D eigenvalue weighted by Gasteiger charge is -2.12. The number of nitrogens with one attached hydrogen (secondary N) is 1. The molecule has 3 nitrogen and oxygen atoms in total. The van der Waals surface area contributed by atoms with Crippen molar-refractivity contribution in [1.82, 2.24) is 10.2 Å². The number of carbonyl (C=O) groups excluding carboxylic acids is 1. The van der Waals surface area contributed by atoms with E-state index >= 15 is 0 Å². The van der Waals surface area contributed by atoms with Gasteiger partial charge in [0, 0.05) is 6.04 Å². The van der Waals surface area contributed by atoms with Gasteiger partial charge < -0.3 is 10.2 Å². The quantitative estimate of drug-likeness (QED) is 0.637. The van der Waals surface area contributed by atoms with E-state index in [2.05, 4.69) is 24.3 Å². The van der Waals surface area contributed by atoms with Crippen LogP contribution in [0.3, 0.4) is 0 Å². The topological polar surface area (TPSA) is 32.3 Å². The standard InChI is InChI=1S/C8H18N2O.ClH/c1-8(9-7-11)5-4-6-10(2)3;/h7-8H,4-6H2,1-3H3,(H,9,11);1H. The fraction of sp³-hybridized carbons (Fsp3) is 0.875. The molecule has 0 saturated carbocycles. The van der Waals surface area contributed by atoms with Crippen molar-refractivity contribution in [1.29, 1.82) is 0 Å². The Bertz CT molecular complexity index is 109. The van der Waals surface area contributed by atoms with Crippen molar-refractivity contribution in [3.63, 3.8) is 0 Å². The van der Waals surface area contributed by atoms with Gasteiger partial charge in [0.1, 0.15) is 0 Å². The van der Waals surface area contributed by atoms with E-state index in [1.807, 2.05) is 6.92 Å². The summed E-state index contributed by atoms with van der Waals surface area (Å²) in [6, 6.07) is 0.312. The van der Waals surface area contributed by atoms with Crippen LogP contribution < -0.4 is 5.32 Å². The number of halogens is 1. The minimum absolute atomic E-state index is 0. The van der Waals surface area contributed by atoms with Crippen LogP contribution in [0, 0.1) is 0 Å². The maximum atomic E-state index is 9.99. The van der Waals surface area contributed by atoms with Crippen LogP contribution in [0.15, 0.2) is 0 Å². The van der Waals surface area contributed by atoms with Gasteiger partial charge in [0.25, 0.3) is 0 Å². The second kappa shape index (κ2) is 8.81. The first-order valence-electron chi connectivity index (χ1n) is 4.01. The molecule has 1 N–H and O–H groups in total. The average Bonchev–Trinajstić information content (AvgIpc) is 1.87.